The second-order valence-electron chi connectivity index (χ2n) is 3.09. The minimum atomic E-state index is -0.562. The summed E-state index contributed by atoms with van der Waals surface area (Å²) in [6, 6.07) is 0. The van der Waals surface area contributed by atoms with Gasteiger partial charge in [0.1, 0.15) is 0 Å². The van der Waals surface area contributed by atoms with E-state index >= 15 is 0 Å². The third-order valence-electron chi connectivity index (χ3n) is 0.994. The third kappa shape index (κ3) is 49.3. The molecule has 0 radical (unpaired) electrons. The Morgan fingerprint density at radius 3 is 1.50 bits per heavy atom. The number of ether oxygens (including phenoxy) is 1. The molecule has 0 amide bonds. The monoisotopic (exact) mass is 274 g/mol. The molecule has 16 heavy (non-hydrogen) atoms. The molecule has 98 valence electrons. The fraction of sp³-hybridized carbons (Fsp3) is 0.800. The van der Waals surface area contributed by atoms with Gasteiger partial charge in [0.2, 0.25) is 0 Å². The molecular weight excluding hydrogens is 255 g/mol. The lowest BCUT2D eigenvalue weighted by molar-refractivity contribution is -0.156. The van der Waals surface area contributed by atoms with Crippen LogP contribution in [-0.2, 0) is 14.3 Å². The number of esters is 2. The van der Waals surface area contributed by atoms with Crippen molar-refractivity contribution >= 4 is 35.1 Å². The first-order valence-electron chi connectivity index (χ1n) is 4.73. The van der Waals surface area contributed by atoms with Gasteiger partial charge in [-0.05, 0) is 12.3 Å². The number of aliphatic hydroxyl groups excluding tert-OH is 1. The van der Waals surface area contributed by atoms with Crippen LogP contribution in [0.15, 0.2) is 0 Å². The van der Waals surface area contributed by atoms with Crippen molar-refractivity contribution in [1.82, 2.24) is 0 Å². The van der Waals surface area contributed by atoms with Crippen molar-refractivity contribution in [2.24, 2.45) is 5.92 Å². The first-order chi connectivity index (χ1) is 7.31. The molecule has 0 heterocycles. The number of rotatable bonds is 2. The predicted molar refractivity (Wildman–Crippen MR) is 65.6 cm³/mol. The van der Waals surface area contributed by atoms with E-state index in [0.717, 1.165) is 6.42 Å². The van der Waals surface area contributed by atoms with Crippen LogP contribution in [0.4, 0.5) is 0 Å². The maximum Gasteiger partial charge on any atom is 0.310 e. The maximum atomic E-state index is 9.81. The molecule has 0 aliphatic rings. The molecule has 0 aliphatic heterocycles. The van der Waals surface area contributed by atoms with Gasteiger partial charge in [0.05, 0.1) is 5.34 Å². The Bertz CT molecular complexity index is 160. The first-order valence-corrected chi connectivity index (χ1v) is 5.80. The molecule has 0 saturated heterocycles. The van der Waals surface area contributed by atoms with E-state index in [4.69, 9.17) is 28.3 Å². The van der Waals surface area contributed by atoms with Crippen molar-refractivity contribution in [2.45, 2.75) is 34.1 Å². The van der Waals surface area contributed by atoms with Crippen LogP contribution in [-0.4, -0.2) is 29.0 Å². The van der Waals surface area contributed by atoms with Crippen molar-refractivity contribution in [1.29, 1.82) is 0 Å². The van der Waals surface area contributed by atoms with E-state index in [1.54, 1.807) is 0 Å². The van der Waals surface area contributed by atoms with E-state index in [2.05, 4.69) is 18.6 Å². The normalized spacial score (nSPS) is 8.25. The Labute approximate surface area is 107 Å². The number of aliphatic hydroxyl groups is 1. The average molecular weight is 275 g/mol. The van der Waals surface area contributed by atoms with Crippen LogP contribution < -0.4 is 0 Å². The SMILES string of the molecule is CC(=O)OC(C)=O.CC(C)CCO.ClCCl. The minimum Gasteiger partial charge on any atom is -0.396 e. The zero-order valence-electron chi connectivity index (χ0n) is 10.1. The molecule has 1 N–H and O–H groups in total. The van der Waals surface area contributed by atoms with Gasteiger partial charge in [0, 0.05) is 20.5 Å². The van der Waals surface area contributed by atoms with E-state index in [1.165, 1.54) is 13.8 Å². The molecule has 0 atom stereocenters. The van der Waals surface area contributed by atoms with E-state index in [1.807, 2.05) is 0 Å². The highest BCUT2D eigenvalue weighted by molar-refractivity contribution is 6.40. The van der Waals surface area contributed by atoms with E-state index in [0.29, 0.717) is 12.5 Å². The van der Waals surface area contributed by atoms with Crippen LogP contribution in [0, 0.1) is 5.92 Å². The molecule has 0 bridgehead atoms. The summed E-state index contributed by atoms with van der Waals surface area (Å²) in [7, 11) is 0. The summed E-state index contributed by atoms with van der Waals surface area (Å²) in [4.78, 5) is 19.6. The van der Waals surface area contributed by atoms with Gasteiger partial charge in [-0.3, -0.25) is 9.59 Å². The second-order valence-corrected chi connectivity index (χ2v) is 3.90. The average Bonchev–Trinajstić information content (AvgIpc) is 2.02. The van der Waals surface area contributed by atoms with Crippen molar-refractivity contribution in [3.05, 3.63) is 0 Å². The van der Waals surface area contributed by atoms with Gasteiger partial charge in [-0.15, -0.1) is 23.2 Å². The molecule has 0 saturated carbocycles. The smallest absolute Gasteiger partial charge is 0.310 e. The molecule has 0 aromatic rings. The Morgan fingerprint density at radius 1 is 1.19 bits per heavy atom. The molecule has 0 aliphatic carbocycles. The number of hydrogen-bond acceptors (Lipinski definition) is 4. The standard InChI is InChI=1S/C5H12O.C4H6O3.CH2Cl2/c1-5(2)3-4-6;1-3(5)7-4(2)6;2-1-3/h5-6H,3-4H2,1-2H3;1-2H3;1H2. The molecule has 0 rings (SSSR count). The summed E-state index contributed by atoms with van der Waals surface area (Å²) in [6.45, 7) is 6.88. The quantitative estimate of drug-likeness (QED) is 0.478. The van der Waals surface area contributed by atoms with Gasteiger partial charge < -0.3 is 9.84 Å². The van der Waals surface area contributed by atoms with E-state index < -0.39 is 11.9 Å². The number of hydrogen-bond donors (Lipinski definition) is 1. The van der Waals surface area contributed by atoms with Crippen LogP contribution in [0.5, 0.6) is 0 Å². The number of carbonyl (C=O) groups excluding carboxylic acids is 2. The molecular formula is C10H20Cl2O4. The summed E-state index contributed by atoms with van der Waals surface area (Å²) in [5.41, 5.74) is 0. The highest BCUT2D eigenvalue weighted by Gasteiger charge is 1.93. The highest BCUT2D eigenvalue weighted by atomic mass is 35.5. The zero-order valence-corrected chi connectivity index (χ0v) is 11.6. The maximum absolute atomic E-state index is 9.81. The summed E-state index contributed by atoms with van der Waals surface area (Å²) >= 11 is 9.53. The topological polar surface area (TPSA) is 63.6 Å². The Balaban J connectivity index is -0.000000172. The Hall–Kier alpha value is -0.320. The molecule has 0 aromatic carbocycles. The molecule has 6 heteroatoms. The summed E-state index contributed by atoms with van der Waals surface area (Å²) in [5, 5.41) is 8.43. The fourth-order valence-corrected chi connectivity index (χ4v) is 0.461. The second kappa shape index (κ2) is 17.1. The van der Waals surface area contributed by atoms with E-state index in [-0.39, 0.29) is 5.34 Å². The van der Waals surface area contributed by atoms with Gasteiger partial charge >= 0.3 is 11.9 Å². The van der Waals surface area contributed by atoms with Crippen molar-refractivity contribution in [2.75, 3.05) is 11.9 Å². The lowest BCUT2D eigenvalue weighted by Crippen LogP contribution is -2.03. The minimum absolute atomic E-state index is 0.194. The number of halogens is 2. The van der Waals surface area contributed by atoms with Crippen LogP contribution in [0.25, 0.3) is 0 Å². The molecule has 0 unspecified atom stereocenters. The molecule has 0 aromatic heterocycles. The van der Waals surface area contributed by atoms with Crippen LogP contribution in [0.1, 0.15) is 34.1 Å². The number of carbonyl (C=O) groups is 2. The third-order valence-corrected chi connectivity index (χ3v) is 0.994. The predicted octanol–water partition coefficient (Wildman–Crippen LogP) is 2.54. The highest BCUT2D eigenvalue weighted by Crippen LogP contribution is 1.94. The molecule has 0 spiro atoms. The van der Waals surface area contributed by atoms with Gasteiger partial charge in [-0.1, -0.05) is 13.8 Å². The summed E-state index contributed by atoms with van der Waals surface area (Å²) in [6.07, 6.45) is 0.931. The largest absolute Gasteiger partial charge is 0.396 e. The lowest BCUT2D eigenvalue weighted by Gasteiger charge is -1.95. The fourth-order valence-electron chi connectivity index (χ4n) is 0.461. The van der Waals surface area contributed by atoms with Crippen LogP contribution in [0.2, 0.25) is 0 Å². The Morgan fingerprint density at radius 2 is 1.50 bits per heavy atom. The number of alkyl halides is 2. The van der Waals surface area contributed by atoms with Crippen LogP contribution >= 0.6 is 23.2 Å². The van der Waals surface area contributed by atoms with Crippen LogP contribution in [0.3, 0.4) is 0 Å². The van der Waals surface area contributed by atoms with Gasteiger partial charge in [-0.2, -0.15) is 0 Å². The summed E-state index contributed by atoms with van der Waals surface area (Å²) < 4.78 is 3.97. The Kier molecular flexibility index (Phi) is 22.4. The first kappa shape index (κ1) is 21.0. The van der Waals surface area contributed by atoms with Crippen molar-refractivity contribution < 1.29 is 19.4 Å². The summed E-state index contributed by atoms with van der Waals surface area (Å²) in [5.74, 6) is -0.477. The van der Waals surface area contributed by atoms with Crippen molar-refractivity contribution in [3.8, 4) is 0 Å². The zero-order chi connectivity index (χ0) is 13.6. The lowest BCUT2D eigenvalue weighted by atomic mass is 10.2. The molecule has 4 nitrogen and oxygen atoms in total. The van der Waals surface area contributed by atoms with Gasteiger partial charge in [-0.25, -0.2) is 0 Å². The van der Waals surface area contributed by atoms with Gasteiger partial charge in [0.15, 0.2) is 0 Å². The van der Waals surface area contributed by atoms with Gasteiger partial charge in [0.25, 0.3) is 0 Å². The molecule has 0 fully saturated rings. The van der Waals surface area contributed by atoms with Crippen molar-refractivity contribution in [3.63, 3.8) is 0 Å². The van der Waals surface area contributed by atoms with E-state index in [9.17, 15) is 9.59 Å².